The van der Waals surface area contributed by atoms with E-state index < -0.39 is 0 Å². The molecular formula is C19H37NO. The van der Waals surface area contributed by atoms with E-state index in [-0.39, 0.29) is 0 Å². The van der Waals surface area contributed by atoms with Crippen LogP contribution in [0.15, 0.2) is 0 Å². The molecule has 2 aliphatic rings. The average molecular weight is 296 g/mol. The Morgan fingerprint density at radius 1 is 1.05 bits per heavy atom. The van der Waals surface area contributed by atoms with Crippen LogP contribution >= 0.6 is 0 Å². The van der Waals surface area contributed by atoms with E-state index in [2.05, 4.69) is 32.7 Å². The molecule has 0 heterocycles. The molecule has 0 spiro atoms. The summed E-state index contributed by atoms with van der Waals surface area (Å²) in [6, 6.07) is 0.864. The molecule has 21 heavy (non-hydrogen) atoms. The normalized spacial score (nSPS) is 35.0. The lowest BCUT2D eigenvalue weighted by molar-refractivity contribution is 0.0324. The van der Waals surface area contributed by atoms with Gasteiger partial charge in [-0.05, 0) is 69.4 Å². The minimum atomic E-state index is 0.530. The molecule has 3 unspecified atom stereocenters. The van der Waals surface area contributed by atoms with E-state index in [0.29, 0.717) is 6.10 Å². The summed E-state index contributed by atoms with van der Waals surface area (Å²) in [5.41, 5.74) is 0. The highest BCUT2D eigenvalue weighted by molar-refractivity contribution is 4.87. The molecule has 124 valence electrons. The van der Waals surface area contributed by atoms with Gasteiger partial charge in [-0.3, -0.25) is 0 Å². The molecule has 0 aromatic carbocycles. The SMILES string of the molecule is COC1CCCC(C(C)CCN(C)C2CC(C(C)C)C2)C1. The quantitative estimate of drug-likeness (QED) is 0.681. The van der Waals surface area contributed by atoms with Crippen molar-refractivity contribution in [2.75, 3.05) is 20.7 Å². The lowest BCUT2D eigenvalue weighted by atomic mass is 9.73. The molecule has 0 amide bonds. The van der Waals surface area contributed by atoms with Crippen LogP contribution in [0.2, 0.25) is 0 Å². The lowest BCUT2D eigenvalue weighted by Crippen LogP contribution is -2.44. The Bertz CT molecular complexity index is 298. The van der Waals surface area contributed by atoms with Crippen LogP contribution in [0.3, 0.4) is 0 Å². The summed E-state index contributed by atoms with van der Waals surface area (Å²) >= 11 is 0. The Morgan fingerprint density at radius 2 is 1.76 bits per heavy atom. The van der Waals surface area contributed by atoms with Gasteiger partial charge in [0.1, 0.15) is 0 Å². The third kappa shape index (κ3) is 4.69. The molecule has 2 fully saturated rings. The van der Waals surface area contributed by atoms with Gasteiger partial charge in [-0.1, -0.05) is 33.6 Å². The van der Waals surface area contributed by atoms with Crippen LogP contribution in [0, 0.1) is 23.7 Å². The second-order valence-corrected chi connectivity index (χ2v) is 8.16. The van der Waals surface area contributed by atoms with E-state index in [1.165, 1.54) is 51.5 Å². The van der Waals surface area contributed by atoms with Gasteiger partial charge in [0.15, 0.2) is 0 Å². The first-order valence-corrected chi connectivity index (χ1v) is 9.24. The molecule has 2 rings (SSSR count). The summed E-state index contributed by atoms with van der Waals surface area (Å²) in [6.07, 6.45) is 10.1. The van der Waals surface area contributed by atoms with Crippen LogP contribution < -0.4 is 0 Å². The number of hydrogen-bond donors (Lipinski definition) is 0. The van der Waals surface area contributed by atoms with Crippen molar-refractivity contribution in [3.63, 3.8) is 0 Å². The van der Waals surface area contributed by atoms with Crippen molar-refractivity contribution >= 4 is 0 Å². The van der Waals surface area contributed by atoms with Crippen LogP contribution in [0.25, 0.3) is 0 Å². The number of ether oxygens (including phenoxy) is 1. The fourth-order valence-electron chi connectivity index (χ4n) is 4.27. The summed E-state index contributed by atoms with van der Waals surface area (Å²) in [5.74, 6) is 3.60. The zero-order valence-corrected chi connectivity index (χ0v) is 15.0. The number of methoxy groups -OCH3 is 1. The van der Waals surface area contributed by atoms with Crippen LogP contribution in [-0.2, 0) is 4.74 Å². The van der Waals surface area contributed by atoms with Gasteiger partial charge in [-0.15, -0.1) is 0 Å². The van der Waals surface area contributed by atoms with Crippen molar-refractivity contribution in [1.82, 2.24) is 4.90 Å². The summed E-state index contributed by atoms with van der Waals surface area (Å²) in [5, 5.41) is 0. The largest absolute Gasteiger partial charge is 0.381 e. The zero-order valence-electron chi connectivity index (χ0n) is 15.0. The highest BCUT2D eigenvalue weighted by Crippen LogP contribution is 2.37. The number of hydrogen-bond acceptors (Lipinski definition) is 2. The Hall–Kier alpha value is -0.0800. The molecule has 0 aliphatic heterocycles. The fraction of sp³-hybridized carbons (Fsp3) is 1.00. The van der Waals surface area contributed by atoms with Crippen molar-refractivity contribution in [2.45, 2.75) is 77.9 Å². The smallest absolute Gasteiger partial charge is 0.0574 e. The van der Waals surface area contributed by atoms with Crippen LogP contribution in [0.5, 0.6) is 0 Å². The lowest BCUT2D eigenvalue weighted by Gasteiger charge is -2.44. The Kier molecular flexibility index (Phi) is 6.55. The molecule has 0 aromatic heterocycles. The molecule has 0 saturated heterocycles. The monoisotopic (exact) mass is 295 g/mol. The van der Waals surface area contributed by atoms with Crippen molar-refractivity contribution in [3.8, 4) is 0 Å². The first-order valence-electron chi connectivity index (χ1n) is 9.24. The minimum Gasteiger partial charge on any atom is -0.381 e. The van der Waals surface area contributed by atoms with Gasteiger partial charge in [0.05, 0.1) is 6.10 Å². The van der Waals surface area contributed by atoms with Gasteiger partial charge in [0.25, 0.3) is 0 Å². The highest BCUT2D eigenvalue weighted by atomic mass is 16.5. The van der Waals surface area contributed by atoms with Gasteiger partial charge >= 0.3 is 0 Å². The van der Waals surface area contributed by atoms with Gasteiger partial charge < -0.3 is 9.64 Å². The van der Waals surface area contributed by atoms with Crippen molar-refractivity contribution in [3.05, 3.63) is 0 Å². The Labute approximate surface area is 132 Å². The predicted molar refractivity (Wildman–Crippen MR) is 90.5 cm³/mol. The first kappa shape index (κ1) is 17.3. The zero-order chi connectivity index (χ0) is 15.4. The maximum Gasteiger partial charge on any atom is 0.0574 e. The van der Waals surface area contributed by atoms with E-state index in [1.54, 1.807) is 0 Å². The minimum absolute atomic E-state index is 0.530. The molecule has 0 N–H and O–H groups in total. The molecule has 2 saturated carbocycles. The first-order chi connectivity index (χ1) is 10.0. The molecule has 0 bridgehead atoms. The molecule has 2 nitrogen and oxygen atoms in total. The maximum atomic E-state index is 5.59. The summed E-state index contributed by atoms with van der Waals surface area (Å²) in [7, 11) is 4.22. The molecule has 0 radical (unpaired) electrons. The van der Waals surface area contributed by atoms with Crippen molar-refractivity contribution < 1.29 is 4.74 Å². The second kappa shape index (κ2) is 7.97. The fourth-order valence-corrected chi connectivity index (χ4v) is 4.27. The van der Waals surface area contributed by atoms with E-state index >= 15 is 0 Å². The van der Waals surface area contributed by atoms with Crippen LogP contribution in [-0.4, -0.2) is 37.7 Å². The second-order valence-electron chi connectivity index (χ2n) is 8.16. The van der Waals surface area contributed by atoms with Gasteiger partial charge in [0, 0.05) is 13.2 Å². The number of rotatable bonds is 7. The molecule has 3 atom stereocenters. The topological polar surface area (TPSA) is 12.5 Å². The van der Waals surface area contributed by atoms with Crippen molar-refractivity contribution in [1.29, 1.82) is 0 Å². The van der Waals surface area contributed by atoms with Gasteiger partial charge in [-0.2, -0.15) is 0 Å². The van der Waals surface area contributed by atoms with Gasteiger partial charge in [0.2, 0.25) is 0 Å². The van der Waals surface area contributed by atoms with E-state index in [0.717, 1.165) is 29.7 Å². The van der Waals surface area contributed by atoms with E-state index in [1.807, 2.05) is 7.11 Å². The average Bonchev–Trinajstić information content (AvgIpc) is 2.42. The Morgan fingerprint density at radius 3 is 2.38 bits per heavy atom. The van der Waals surface area contributed by atoms with Crippen molar-refractivity contribution in [2.24, 2.45) is 23.7 Å². The third-order valence-corrected chi connectivity index (χ3v) is 6.46. The maximum absolute atomic E-state index is 5.59. The Balaban J connectivity index is 1.65. The van der Waals surface area contributed by atoms with E-state index in [9.17, 15) is 0 Å². The molecular weight excluding hydrogens is 258 g/mol. The van der Waals surface area contributed by atoms with Gasteiger partial charge in [-0.25, -0.2) is 0 Å². The number of nitrogens with zero attached hydrogens (tertiary/aromatic N) is 1. The predicted octanol–water partition coefficient (Wildman–Crippen LogP) is 4.58. The summed E-state index contributed by atoms with van der Waals surface area (Å²) in [4.78, 5) is 2.63. The summed E-state index contributed by atoms with van der Waals surface area (Å²) in [6.45, 7) is 8.50. The molecule has 2 heteroatoms. The van der Waals surface area contributed by atoms with Crippen LogP contribution in [0.4, 0.5) is 0 Å². The van der Waals surface area contributed by atoms with E-state index in [4.69, 9.17) is 4.74 Å². The highest BCUT2D eigenvalue weighted by Gasteiger charge is 2.34. The standard InChI is InChI=1S/C19H37NO/c1-14(2)17-11-18(12-17)20(4)10-9-15(3)16-7-6-8-19(13-16)21-5/h14-19H,6-13H2,1-5H3. The summed E-state index contributed by atoms with van der Waals surface area (Å²) < 4.78 is 5.59. The third-order valence-electron chi connectivity index (χ3n) is 6.46. The molecule has 0 aromatic rings. The van der Waals surface area contributed by atoms with Crippen LogP contribution in [0.1, 0.15) is 65.7 Å². The molecule has 2 aliphatic carbocycles.